The van der Waals surface area contributed by atoms with Crippen LogP contribution in [0.4, 0.5) is 35.1 Å². The summed E-state index contributed by atoms with van der Waals surface area (Å²) in [5, 5.41) is 5.19. The van der Waals surface area contributed by atoms with Crippen LogP contribution in [0.15, 0.2) is 455 Å². The zero-order valence-electron chi connectivity index (χ0n) is 85.7. The van der Waals surface area contributed by atoms with Gasteiger partial charge in [0, 0.05) is 6.42 Å². The maximum absolute atomic E-state index is 15.3. The molecule has 0 nitrogen and oxygen atoms in total. The Labute approximate surface area is 873 Å². The first kappa shape index (κ1) is 98.2. The van der Waals surface area contributed by atoms with Crippen LogP contribution in [0.2, 0.25) is 29.7 Å². The largest absolute Gasteiger partial charge is 0.394 e. The minimum absolute atomic E-state index is 0.0628. The molecule has 0 unspecified atom stereocenters. The molecule has 16 aliphatic carbocycles. The van der Waals surface area contributed by atoms with Crippen molar-refractivity contribution in [2.45, 2.75) is 280 Å². The van der Waals surface area contributed by atoms with Gasteiger partial charge in [0.25, 0.3) is 5.92 Å². The molecule has 0 heterocycles. The molecular weight excluding hydrogens is 1870 g/mol. The van der Waals surface area contributed by atoms with Gasteiger partial charge in [-0.1, -0.05) is 475 Å². The molecule has 0 aromatic heterocycles. The van der Waals surface area contributed by atoms with Gasteiger partial charge in [-0.25, -0.2) is 8.78 Å². The Balaban J connectivity index is 0.000000107. The van der Waals surface area contributed by atoms with Gasteiger partial charge in [-0.15, -0.1) is 0 Å². The fourth-order valence-corrected chi connectivity index (χ4v) is 47.3. The maximum atomic E-state index is 15.3. The second kappa shape index (κ2) is 36.0. The van der Waals surface area contributed by atoms with Crippen LogP contribution in [0, 0.1) is 10.8 Å². The SMILES string of the molecule is C[Si](C)(C)C12CC3(c4ccccc4)CC(c4ccccc4)(CC(c4ccccc4)(C3)C1)C2.FC(F)(F)C12CC3(c4ccccc4)CC(c4ccccc4)(CC(c4ccccc4)(C3)C1)C2.FC(F)(F)CC(F)(F)CC12CC3(c4ccccc4)CC(c4ccccc4)(C1)CC(c1ccccc1)(C2)C3.c1ccc(C23CC4(c5ccccc5)CC(c5ccccc5)(C2)CC([Si](c2ccccc2)(c2ccccc2)c2ccccc2)(C3)C4)cc1. The number of rotatable bonds is 20. The average molecular weight is 2000 g/mol. The number of hydrogen-bond acceptors (Lipinski definition) is 0. The van der Waals surface area contributed by atoms with Crippen molar-refractivity contribution in [3.63, 3.8) is 0 Å². The molecule has 31 rings (SSSR count). The molecule has 16 aliphatic rings. The van der Waals surface area contributed by atoms with Gasteiger partial charge in [0.2, 0.25) is 0 Å². The van der Waals surface area contributed by atoms with Crippen LogP contribution in [-0.4, -0.2) is 34.4 Å². The number of hydrogen-bond donors (Lipinski definition) is 0. The van der Waals surface area contributed by atoms with Crippen LogP contribution < -0.4 is 15.6 Å². The summed E-state index contributed by atoms with van der Waals surface area (Å²) >= 11 is 0. The molecule has 0 saturated heterocycles. The minimum atomic E-state index is -4.91. The summed E-state index contributed by atoms with van der Waals surface area (Å²) in [4.78, 5) is 0. The maximum Gasteiger partial charge on any atom is 0.394 e. The first-order chi connectivity index (χ1) is 71.2. The predicted octanol–water partition coefficient (Wildman–Crippen LogP) is 34.2. The quantitative estimate of drug-likeness (QED) is 0.0405. The molecule has 0 N–H and O–H groups in total. The summed E-state index contributed by atoms with van der Waals surface area (Å²) in [6, 6.07) is 166. The van der Waals surface area contributed by atoms with E-state index in [1.807, 2.05) is 109 Å². The van der Waals surface area contributed by atoms with E-state index in [9.17, 15) is 13.2 Å². The average Bonchev–Trinajstić information content (AvgIpc) is 0.650. The lowest BCUT2D eigenvalue weighted by Gasteiger charge is -2.74. The zero-order valence-corrected chi connectivity index (χ0v) is 87.7. The normalized spacial score (nSPS) is 32.5. The second-order valence-corrected chi connectivity index (χ2v) is 60.6. The van der Waals surface area contributed by atoms with E-state index < -0.39 is 74.3 Å². The Morgan fingerprint density at radius 3 is 0.486 bits per heavy atom. The number of benzene rings is 15. The highest BCUT2D eigenvalue weighted by Gasteiger charge is 2.79. The Hall–Kier alpha value is -11.8. The van der Waals surface area contributed by atoms with E-state index in [0.29, 0.717) is 24.3 Å². The van der Waals surface area contributed by atoms with E-state index >= 15 is 22.0 Å². The van der Waals surface area contributed by atoms with Crippen LogP contribution in [0.3, 0.4) is 0 Å². The van der Waals surface area contributed by atoms with Crippen molar-refractivity contribution in [1.29, 1.82) is 0 Å². The van der Waals surface area contributed by atoms with Gasteiger partial charge < -0.3 is 0 Å². The van der Waals surface area contributed by atoms with E-state index in [2.05, 4.69) is 365 Å². The third-order valence-corrected chi connectivity index (χ3v) is 50.1. The van der Waals surface area contributed by atoms with Crippen molar-refractivity contribution >= 4 is 31.7 Å². The smallest absolute Gasteiger partial charge is 0.206 e. The first-order valence-corrected chi connectivity index (χ1v) is 60.1. The lowest BCUT2D eigenvalue weighted by atomic mass is 9.32. The van der Waals surface area contributed by atoms with Crippen molar-refractivity contribution in [3.8, 4) is 0 Å². The third-order valence-electron chi connectivity index (χ3n) is 40.7. The van der Waals surface area contributed by atoms with Gasteiger partial charge in [0.1, 0.15) is 6.42 Å². The summed E-state index contributed by atoms with van der Waals surface area (Å²) in [7, 11) is -4.16. The van der Waals surface area contributed by atoms with E-state index in [1.54, 1.807) is 48.9 Å². The summed E-state index contributed by atoms with van der Waals surface area (Å²) in [6.07, 6.45) is 10.5. The summed E-state index contributed by atoms with van der Waals surface area (Å²) in [5.74, 6) is -3.81. The molecular formula is C138H136F8Si2. The van der Waals surface area contributed by atoms with Gasteiger partial charge in [0.05, 0.1) is 13.5 Å². The van der Waals surface area contributed by atoms with Gasteiger partial charge in [0.15, 0.2) is 8.07 Å². The molecule has 0 amide bonds. The molecule has 0 aliphatic heterocycles. The molecule has 0 radical (unpaired) electrons. The monoisotopic (exact) mass is 2000 g/mol. The van der Waals surface area contributed by atoms with E-state index in [0.717, 1.165) is 71.9 Å². The molecule has 15 aromatic carbocycles. The Bertz CT molecular complexity index is 6310. The fourth-order valence-electron chi connectivity index (χ4n) is 38.0. The van der Waals surface area contributed by atoms with Gasteiger partial charge in [-0.05, 0) is 317 Å². The summed E-state index contributed by atoms with van der Waals surface area (Å²) in [5.41, 5.74) is 11.9. The highest BCUT2D eigenvalue weighted by molar-refractivity contribution is 7.13. The van der Waals surface area contributed by atoms with Gasteiger partial charge in [-0.2, -0.15) is 26.3 Å². The Morgan fingerprint density at radius 1 is 0.182 bits per heavy atom. The fraction of sp³-hybridized carbons (Fsp3) is 0.348. The topological polar surface area (TPSA) is 0 Å². The molecule has 16 fully saturated rings. The molecule has 10 heteroatoms. The minimum Gasteiger partial charge on any atom is -0.206 e. The molecule has 148 heavy (non-hydrogen) atoms. The highest BCUT2D eigenvalue weighted by atomic mass is 28.3. The molecule has 16 saturated carbocycles. The number of halogens is 8. The van der Waals surface area contributed by atoms with Crippen molar-refractivity contribution in [1.82, 2.24) is 0 Å². The second-order valence-electron chi connectivity index (χ2n) is 50.8. The Kier molecular flexibility index (Phi) is 23.9. The van der Waals surface area contributed by atoms with E-state index in [-0.39, 0.29) is 73.0 Å². The summed E-state index contributed by atoms with van der Waals surface area (Å²) < 4.78 is 116. The lowest BCUT2D eigenvalue weighted by Crippen LogP contribution is -2.80. The molecule has 0 atom stereocenters. The van der Waals surface area contributed by atoms with E-state index in [4.69, 9.17) is 0 Å². The van der Waals surface area contributed by atoms with Gasteiger partial charge in [-0.3, -0.25) is 0 Å². The summed E-state index contributed by atoms with van der Waals surface area (Å²) in [6.45, 7) is 7.99. The molecule has 16 bridgehead atoms. The standard InChI is InChI=1S/C46H42Si.C32H31F5.C31H36Si.C29H27F3/c1-7-19-37(20-8-1)43-31-44(38-21-9-2-10-22-38)33-45(32-43,39-23-11-3-12-24-39)36-46(34-43,35-44)47(40-25-13-4-14-26-40,41-27-15-5-16-28-41)42-29-17-6-18-30-42;33-31(34,23-32(35,36)37)19-27-16-28(24-10-4-1-5-11-24)20-29(17-27,25-12-6-2-7-13-25)22-30(18-27,21-28)26-14-8-3-9-15-26;1-32(2,3)31-22-28(25-13-7-4-8-14-25)19-29(23-31,26-15-9-5-10-16-26)21-30(20-28,24-31)27-17-11-6-12-18-27;30-29(31,32)28-19-25(22-10-4-1-5-11-22)16-26(20-28,23-12-6-2-7-13-23)18-27(17-25,21-28)24-14-8-3-9-15-24/h1-30H,31-36H2;1-15H,16-23H2;4-18H,19-24H2,1-3H3;1-15H,16-21H2. The van der Waals surface area contributed by atoms with Crippen molar-refractivity contribution < 1.29 is 35.1 Å². The highest BCUT2D eigenvalue weighted by Crippen LogP contribution is 2.84. The predicted molar refractivity (Wildman–Crippen MR) is 592 cm³/mol. The zero-order chi connectivity index (χ0) is 102. The van der Waals surface area contributed by atoms with Crippen molar-refractivity contribution in [2.75, 3.05) is 0 Å². The molecule has 752 valence electrons. The molecule has 0 spiro atoms. The Morgan fingerprint density at radius 2 is 0.331 bits per heavy atom. The van der Waals surface area contributed by atoms with Crippen molar-refractivity contribution in [3.05, 3.63) is 522 Å². The van der Waals surface area contributed by atoms with Crippen LogP contribution in [0.5, 0.6) is 0 Å². The van der Waals surface area contributed by atoms with Crippen molar-refractivity contribution in [2.24, 2.45) is 10.8 Å². The third kappa shape index (κ3) is 16.4. The van der Waals surface area contributed by atoms with Crippen LogP contribution in [0.1, 0.15) is 234 Å². The van der Waals surface area contributed by atoms with Crippen LogP contribution >= 0.6 is 0 Å². The van der Waals surface area contributed by atoms with E-state index in [1.165, 1.54) is 77.0 Å². The molecule has 15 aromatic rings. The first-order valence-electron chi connectivity index (χ1n) is 54.6. The lowest BCUT2D eigenvalue weighted by molar-refractivity contribution is -0.286. The van der Waals surface area contributed by atoms with Crippen LogP contribution in [-0.2, 0) is 65.0 Å². The van der Waals surface area contributed by atoms with Crippen LogP contribution in [0.25, 0.3) is 0 Å². The number of alkyl halides is 8. The van der Waals surface area contributed by atoms with Gasteiger partial charge >= 0.3 is 12.4 Å².